The average molecular weight is 374 g/mol. The van der Waals surface area contributed by atoms with Crippen LogP contribution in [0.2, 0.25) is 0 Å². The molecule has 1 amide bonds. The number of likely N-dealkylation sites (tertiary alicyclic amines) is 1. The molecule has 0 spiro atoms. The van der Waals surface area contributed by atoms with Crippen molar-refractivity contribution in [2.24, 2.45) is 0 Å². The molecule has 1 saturated heterocycles. The first-order chi connectivity index (χ1) is 13.0. The minimum atomic E-state index is -0.612. The van der Waals surface area contributed by atoms with Gasteiger partial charge in [0, 0.05) is 31.4 Å². The van der Waals surface area contributed by atoms with Crippen molar-refractivity contribution < 1.29 is 23.9 Å². The van der Waals surface area contributed by atoms with Crippen molar-refractivity contribution >= 4 is 11.6 Å². The maximum atomic E-state index is 12.9. The van der Waals surface area contributed by atoms with E-state index in [0.29, 0.717) is 25.4 Å². The van der Waals surface area contributed by atoms with Crippen LogP contribution in [0.25, 0.3) is 0 Å². The van der Waals surface area contributed by atoms with Gasteiger partial charge in [-0.1, -0.05) is 0 Å². The molecule has 10 heteroatoms. The molecule has 2 aromatic rings. The van der Waals surface area contributed by atoms with E-state index in [-0.39, 0.29) is 28.9 Å². The van der Waals surface area contributed by atoms with Gasteiger partial charge in [-0.15, -0.1) is 0 Å². The molecular formula is C17H18N4O6. The molecule has 1 aliphatic heterocycles. The first-order valence-corrected chi connectivity index (χ1v) is 8.15. The standard InChI is InChI=1S/C17H18N4O6/c1-25-14-7-12(13(21(23)24)8-15(14)26-2)17(22)20-6-3-11(10-20)27-16-9-18-4-5-19-16/h4-5,7-9,11H,3,6,10H2,1-2H3. The van der Waals surface area contributed by atoms with E-state index in [4.69, 9.17) is 14.2 Å². The number of hydrogen-bond acceptors (Lipinski definition) is 8. The third-order valence-corrected chi connectivity index (χ3v) is 4.19. The second kappa shape index (κ2) is 7.85. The van der Waals surface area contributed by atoms with Crippen LogP contribution in [0.4, 0.5) is 5.69 Å². The zero-order chi connectivity index (χ0) is 19.4. The van der Waals surface area contributed by atoms with Crippen LogP contribution in [0.3, 0.4) is 0 Å². The van der Waals surface area contributed by atoms with E-state index in [9.17, 15) is 14.9 Å². The van der Waals surface area contributed by atoms with Gasteiger partial charge in [0.05, 0.1) is 38.0 Å². The van der Waals surface area contributed by atoms with Gasteiger partial charge in [-0.25, -0.2) is 4.98 Å². The Bertz CT molecular complexity index is 845. The van der Waals surface area contributed by atoms with Gasteiger partial charge in [-0.05, 0) is 0 Å². The highest BCUT2D eigenvalue weighted by Gasteiger charge is 2.33. The number of benzene rings is 1. The zero-order valence-corrected chi connectivity index (χ0v) is 14.8. The topological polar surface area (TPSA) is 117 Å². The van der Waals surface area contributed by atoms with Crippen molar-refractivity contribution in [2.45, 2.75) is 12.5 Å². The van der Waals surface area contributed by atoms with Gasteiger partial charge in [-0.3, -0.25) is 19.9 Å². The van der Waals surface area contributed by atoms with E-state index >= 15 is 0 Å². The first kappa shape index (κ1) is 18.4. The normalized spacial score (nSPS) is 16.1. The molecule has 0 radical (unpaired) electrons. The third kappa shape index (κ3) is 3.89. The van der Waals surface area contributed by atoms with Crippen molar-refractivity contribution in [1.82, 2.24) is 14.9 Å². The lowest BCUT2D eigenvalue weighted by Crippen LogP contribution is -2.31. The average Bonchev–Trinajstić information content (AvgIpc) is 3.15. The fourth-order valence-corrected chi connectivity index (χ4v) is 2.89. The Morgan fingerprint density at radius 2 is 2.00 bits per heavy atom. The summed E-state index contributed by atoms with van der Waals surface area (Å²) in [5.41, 5.74) is -0.395. The summed E-state index contributed by atoms with van der Waals surface area (Å²) in [6.45, 7) is 0.705. The summed E-state index contributed by atoms with van der Waals surface area (Å²) in [6.07, 6.45) is 4.87. The number of nitro groups is 1. The molecule has 1 aliphatic rings. The van der Waals surface area contributed by atoms with Crippen LogP contribution in [-0.2, 0) is 0 Å². The largest absolute Gasteiger partial charge is 0.493 e. The minimum absolute atomic E-state index is 0.0576. The van der Waals surface area contributed by atoms with Crippen molar-refractivity contribution in [2.75, 3.05) is 27.3 Å². The molecular weight excluding hydrogens is 356 g/mol. The smallest absolute Gasteiger partial charge is 0.286 e. The van der Waals surface area contributed by atoms with Gasteiger partial charge >= 0.3 is 0 Å². The van der Waals surface area contributed by atoms with Crippen LogP contribution in [0.5, 0.6) is 17.4 Å². The van der Waals surface area contributed by atoms with Gasteiger partial charge in [0.1, 0.15) is 11.7 Å². The predicted molar refractivity (Wildman–Crippen MR) is 93.2 cm³/mol. The lowest BCUT2D eigenvalue weighted by atomic mass is 10.1. The summed E-state index contributed by atoms with van der Waals surface area (Å²) < 4.78 is 16.0. The van der Waals surface area contributed by atoms with Gasteiger partial charge in [-0.2, -0.15) is 0 Å². The van der Waals surface area contributed by atoms with Gasteiger partial charge in [0.2, 0.25) is 5.88 Å². The van der Waals surface area contributed by atoms with Crippen molar-refractivity contribution in [3.05, 3.63) is 46.4 Å². The summed E-state index contributed by atoms with van der Waals surface area (Å²) in [5, 5.41) is 11.4. The number of carbonyl (C=O) groups is 1. The first-order valence-electron chi connectivity index (χ1n) is 8.15. The molecule has 1 fully saturated rings. The molecule has 1 aromatic heterocycles. The molecule has 0 N–H and O–H groups in total. The number of rotatable bonds is 6. The maximum Gasteiger partial charge on any atom is 0.286 e. The van der Waals surface area contributed by atoms with E-state index in [0.717, 1.165) is 0 Å². The number of hydrogen-bond donors (Lipinski definition) is 0. The number of carbonyl (C=O) groups excluding carboxylic acids is 1. The highest BCUT2D eigenvalue weighted by Crippen LogP contribution is 2.35. The molecule has 3 rings (SSSR count). The van der Waals surface area contributed by atoms with Gasteiger partial charge in [0.25, 0.3) is 11.6 Å². The summed E-state index contributed by atoms with van der Waals surface area (Å²) in [6, 6.07) is 2.52. The fraction of sp³-hybridized carbons (Fsp3) is 0.353. The Morgan fingerprint density at radius 3 is 2.63 bits per heavy atom. The Kier molecular flexibility index (Phi) is 5.34. The molecule has 0 aliphatic carbocycles. The van der Waals surface area contributed by atoms with Crippen LogP contribution < -0.4 is 14.2 Å². The fourth-order valence-electron chi connectivity index (χ4n) is 2.89. The van der Waals surface area contributed by atoms with Crippen LogP contribution in [-0.4, -0.2) is 59.1 Å². The number of aromatic nitrogens is 2. The van der Waals surface area contributed by atoms with E-state index in [1.54, 1.807) is 0 Å². The lowest BCUT2D eigenvalue weighted by molar-refractivity contribution is -0.385. The summed E-state index contributed by atoms with van der Waals surface area (Å²) in [7, 11) is 2.77. The molecule has 142 valence electrons. The summed E-state index contributed by atoms with van der Waals surface area (Å²) in [5.74, 6) is 0.339. The second-order valence-electron chi connectivity index (χ2n) is 5.80. The Balaban J connectivity index is 1.80. The SMILES string of the molecule is COc1cc(C(=O)N2CCC(Oc3cnccn3)C2)c([N+](=O)[O-])cc1OC. The third-order valence-electron chi connectivity index (χ3n) is 4.19. The monoisotopic (exact) mass is 374 g/mol. The number of nitrogens with zero attached hydrogens (tertiary/aromatic N) is 4. The Labute approximate surface area is 154 Å². The summed E-state index contributed by atoms with van der Waals surface area (Å²) in [4.78, 5) is 33.2. The molecule has 0 bridgehead atoms. The van der Waals surface area contributed by atoms with Crippen LogP contribution in [0.1, 0.15) is 16.8 Å². The number of ether oxygens (including phenoxy) is 3. The number of amides is 1. The van der Waals surface area contributed by atoms with E-state index in [1.807, 2.05) is 0 Å². The highest BCUT2D eigenvalue weighted by molar-refractivity contribution is 5.99. The maximum absolute atomic E-state index is 12.9. The van der Waals surface area contributed by atoms with E-state index < -0.39 is 10.8 Å². The summed E-state index contributed by atoms with van der Waals surface area (Å²) >= 11 is 0. The quantitative estimate of drug-likeness (QED) is 0.554. The predicted octanol–water partition coefficient (Wildman–Crippen LogP) is 1.70. The van der Waals surface area contributed by atoms with Crippen molar-refractivity contribution in [1.29, 1.82) is 0 Å². The van der Waals surface area contributed by atoms with Crippen LogP contribution in [0, 0.1) is 10.1 Å². The molecule has 0 saturated carbocycles. The van der Waals surface area contributed by atoms with Crippen LogP contribution >= 0.6 is 0 Å². The number of methoxy groups -OCH3 is 2. The Morgan fingerprint density at radius 1 is 1.26 bits per heavy atom. The molecule has 2 heterocycles. The second-order valence-corrected chi connectivity index (χ2v) is 5.80. The molecule has 1 unspecified atom stereocenters. The minimum Gasteiger partial charge on any atom is -0.493 e. The number of nitro benzene ring substituents is 1. The lowest BCUT2D eigenvalue weighted by Gasteiger charge is -2.18. The van der Waals surface area contributed by atoms with Crippen molar-refractivity contribution in [3.8, 4) is 17.4 Å². The molecule has 1 atom stereocenters. The zero-order valence-electron chi connectivity index (χ0n) is 14.8. The van der Waals surface area contributed by atoms with Gasteiger partial charge < -0.3 is 19.1 Å². The Hall–Kier alpha value is -3.43. The molecule has 10 nitrogen and oxygen atoms in total. The van der Waals surface area contributed by atoms with E-state index in [2.05, 4.69) is 9.97 Å². The highest BCUT2D eigenvalue weighted by atomic mass is 16.6. The van der Waals surface area contributed by atoms with Crippen molar-refractivity contribution in [3.63, 3.8) is 0 Å². The molecule has 1 aromatic carbocycles. The van der Waals surface area contributed by atoms with Gasteiger partial charge in [0.15, 0.2) is 11.5 Å². The van der Waals surface area contributed by atoms with Crippen LogP contribution in [0.15, 0.2) is 30.7 Å². The molecule has 27 heavy (non-hydrogen) atoms. The van der Waals surface area contributed by atoms with E-state index in [1.165, 1.54) is 49.8 Å².